The van der Waals surface area contributed by atoms with Gasteiger partial charge in [-0.2, -0.15) is 5.26 Å². The third kappa shape index (κ3) is 4.26. The zero-order valence-electron chi connectivity index (χ0n) is 26.8. The minimum atomic E-state index is 0.383. The maximum Gasteiger partial charge on any atom is 0.161 e. The van der Waals surface area contributed by atoms with Crippen LogP contribution in [-0.4, -0.2) is 19.1 Å². The molecule has 0 N–H and O–H groups in total. The van der Waals surface area contributed by atoms with E-state index in [1.165, 1.54) is 43.7 Å². The van der Waals surface area contributed by atoms with Crippen LogP contribution in [-0.2, 0) is 0 Å². The van der Waals surface area contributed by atoms with Gasteiger partial charge in [0.25, 0.3) is 0 Å². The number of benzene rings is 7. The molecule has 3 aromatic heterocycles. The molecule has 0 unspecified atom stereocenters. The van der Waals surface area contributed by atoms with Crippen LogP contribution >= 0.6 is 0 Å². The van der Waals surface area contributed by atoms with Gasteiger partial charge in [-0.05, 0) is 96.1 Å². The van der Waals surface area contributed by atoms with Gasteiger partial charge in [0.15, 0.2) is 11.5 Å². The smallest absolute Gasteiger partial charge is 0.161 e. The molecule has 10 aromatic rings. The van der Waals surface area contributed by atoms with Crippen LogP contribution in [0.25, 0.3) is 88.4 Å². The molecule has 0 amide bonds. The third-order valence-corrected chi connectivity index (χ3v) is 9.79. The zero-order chi connectivity index (χ0) is 33.2. The molecular formula is C45H27N5. The summed E-state index contributed by atoms with van der Waals surface area (Å²) in [6.07, 6.45) is 0. The summed E-state index contributed by atoms with van der Waals surface area (Å²) in [5.74, 6) is 0.544. The topological polar surface area (TPSA) is 59.4 Å². The normalized spacial score (nSPS) is 11.6. The summed E-state index contributed by atoms with van der Waals surface area (Å²) < 4.78 is 4.67. The number of para-hydroxylation sites is 4. The number of rotatable bonds is 4. The van der Waals surface area contributed by atoms with Crippen molar-refractivity contribution in [3.8, 4) is 40.0 Å². The highest BCUT2D eigenvalue weighted by Crippen LogP contribution is 2.38. The third-order valence-electron chi connectivity index (χ3n) is 9.79. The molecule has 5 heteroatoms. The Balaban J connectivity index is 1.09. The largest absolute Gasteiger partial charge is 0.309 e. The van der Waals surface area contributed by atoms with Gasteiger partial charge in [0.05, 0.1) is 27.6 Å². The summed E-state index contributed by atoms with van der Waals surface area (Å²) in [6, 6.07) is 59.6. The van der Waals surface area contributed by atoms with E-state index in [0.717, 1.165) is 38.9 Å². The molecule has 232 valence electrons. The van der Waals surface area contributed by atoms with E-state index < -0.39 is 0 Å². The molecule has 0 radical (unpaired) electrons. The Kier molecular flexibility index (Phi) is 6.17. The van der Waals surface area contributed by atoms with Crippen LogP contribution in [0.4, 0.5) is 0 Å². The molecular weight excluding hydrogens is 611 g/mol. The van der Waals surface area contributed by atoms with E-state index in [2.05, 4.69) is 148 Å². The Hall–Kier alpha value is -7.03. The van der Waals surface area contributed by atoms with E-state index in [1.54, 1.807) is 0 Å². The highest BCUT2D eigenvalue weighted by atomic mass is 15.0. The van der Waals surface area contributed by atoms with Crippen LogP contribution in [0.2, 0.25) is 0 Å². The maximum absolute atomic E-state index is 9.76. The second-order valence-electron chi connectivity index (χ2n) is 12.6. The molecule has 0 saturated carbocycles. The first kappa shape index (κ1) is 28.0. The molecule has 0 fully saturated rings. The van der Waals surface area contributed by atoms with Crippen LogP contribution in [0, 0.1) is 11.3 Å². The van der Waals surface area contributed by atoms with Gasteiger partial charge in [-0.3, -0.25) is 0 Å². The van der Waals surface area contributed by atoms with E-state index in [0.29, 0.717) is 11.5 Å². The van der Waals surface area contributed by atoms with Crippen LogP contribution in [0.5, 0.6) is 0 Å². The Morgan fingerprint density at radius 1 is 0.400 bits per heavy atom. The van der Waals surface area contributed by atoms with Gasteiger partial charge < -0.3 is 9.13 Å². The lowest BCUT2D eigenvalue weighted by molar-refractivity contribution is 1.17. The van der Waals surface area contributed by atoms with Crippen molar-refractivity contribution in [1.29, 1.82) is 5.26 Å². The Morgan fingerprint density at radius 3 is 1.48 bits per heavy atom. The fourth-order valence-electron chi connectivity index (χ4n) is 7.49. The average molecular weight is 638 g/mol. The average Bonchev–Trinajstić information content (AvgIpc) is 3.70. The molecule has 0 saturated heterocycles. The molecule has 0 aliphatic carbocycles. The van der Waals surface area contributed by atoms with Gasteiger partial charge in [-0.15, -0.1) is 0 Å². The standard InChI is InChI=1S/C45H27N5/c46-28-40-36-14-4-7-15-39(36)47-45(48-40)29-18-22-33(23-19-29)50-42-17-9-6-13-35(42)38-27-31(21-25-44(38)50)30-20-24-43-37(26-30)34-12-5-8-16-41(34)49(43)32-10-2-1-3-11-32/h1-27H. The summed E-state index contributed by atoms with van der Waals surface area (Å²) in [6.45, 7) is 0. The van der Waals surface area contributed by atoms with Crippen molar-refractivity contribution in [2.24, 2.45) is 0 Å². The van der Waals surface area contributed by atoms with Crippen molar-refractivity contribution in [2.75, 3.05) is 0 Å². The predicted molar refractivity (Wildman–Crippen MR) is 204 cm³/mol. The Morgan fingerprint density at radius 2 is 0.880 bits per heavy atom. The van der Waals surface area contributed by atoms with Gasteiger partial charge >= 0.3 is 0 Å². The lowest BCUT2D eigenvalue weighted by atomic mass is 10.0. The summed E-state index contributed by atoms with van der Waals surface area (Å²) in [4.78, 5) is 9.36. The predicted octanol–water partition coefficient (Wildman–Crippen LogP) is 11.0. The first-order valence-corrected chi connectivity index (χ1v) is 16.6. The van der Waals surface area contributed by atoms with E-state index in [-0.39, 0.29) is 0 Å². The molecule has 5 nitrogen and oxygen atoms in total. The lowest BCUT2D eigenvalue weighted by Crippen LogP contribution is -1.97. The summed E-state index contributed by atoms with van der Waals surface area (Å²) in [5.41, 5.74) is 11.2. The SMILES string of the molecule is N#Cc1nc(-c2ccc(-n3c4ccccc4c4cc(-c5ccc6c(c5)c5ccccc5n6-c5ccccc5)ccc43)cc2)nc2ccccc12. The van der Waals surface area contributed by atoms with Gasteiger partial charge in [0, 0.05) is 43.9 Å². The zero-order valence-corrected chi connectivity index (χ0v) is 26.8. The lowest BCUT2D eigenvalue weighted by Gasteiger charge is -2.10. The molecule has 0 atom stereocenters. The monoisotopic (exact) mass is 637 g/mol. The molecule has 0 bridgehead atoms. The van der Waals surface area contributed by atoms with E-state index in [4.69, 9.17) is 4.98 Å². The number of fused-ring (bicyclic) bond motifs is 7. The first-order chi connectivity index (χ1) is 24.7. The molecule has 10 rings (SSSR count). The van der Waals surface area contributed by atoms with Crippen molar-refractivity contribution in [3.05, 3.63) is 169 Å². The maximum atomic E-state index is 9.76. The fourth-order valence-corrected chi connectivity index (χ4v) is 7.49. The van der Waals surface area contributed by atoms with Crippen LogP contribution in [0.3, 0.4) is 0 Å². The van der Waals surface area contributed by atoms with Gasteiger partial charge in [-0.1, -0.05) is 78.9 Å². The Labute approximate surface area is 287 Å². The number of hydrogen-bond donors (Lipinski definition) is 0. The molecule has 50 heavy (non-hydrogen) atoms. The van der Waals surface area contributed by atoms with Crippen LogP contribution < -0.4 is 0 Å². The van der Waals surface area contributed by atoms with E-state index in [1.807, 2.05) is 36.4 Å². The second-order valence-corrected chi connectivity index (χ2v) is 12.6. The van der Waals surface area contributed by atoms with Crippen LogP contribution in [0.15, 0.2) is 164 Å². The minimum absolute atomic E-state index is 0.383. The summed E-state index contributed by atoms with van der Waals surface area (Å²) in [7, 11) is 0. The minimum Gasteiger partial charge on any atom is -0.309 e. The van der Waals surface area contributed by atoms with E-state index in [9.17, 15) is 5.26 Å². The first-order valence-electron chi connectivity index (χ1n) is 16.6. The van der Waals surface area contributed by atoms with Crippen molar-refractivity contribution >= 4 is 54.5 Å². The molecule has 0 aliphatic heterocycles. The van der Waals surface area contributed by atoms with Crippen molar-refractivity contribution in [1.82, 2.24) is 19.1 Å². The van der Waals surface area contributed by atoms with Gasteiger partial charge in [0.1, 0.15) is 6.07 Å². The van der Waals surface area contributed by atoms with Crippen molar-refractivity contribution < 1.29 is 0 Å². The van der Waals surface area contributed by atoms with Crippen molar-refractivity contribution in [3.63, 3.8) is 0 Å². The quantitative estimate of drug-likeness (QED) is 0.193. The second kappa shape index (κ2) is 11.0. The molecule has 0 spiro atoms. The number of nitriles is 1. The molecule has 7 aromatic carbocycles. The summed E-state index contributed by atoms with van der Waals surface area (Å²) in [5, 5.41) is 15.4. The van der Waals surface area contributed by atoms with E-state index >= 15 is 0 Å². The van der Waals surface area contributed by atoms with Gasteiger partial charge in [0.2, 0.25) is 0 Å². The number of aromatic nitrogens is 4. The number of nitrogens with zero attached hydrogens (tertiary/aromatic N) is 5. The molecule has 0 aliphatic rings. The Bertz CT molecular complexity index is 2980. The highest BCUT2D eigenvalue weighted by molar-refractivity contribution is 6.12. The number of hydrogen-bond acceptors (Lipinski definition) is 3. The van der Waals surface area contributed by atoms with Crippen LogP contribution in [0.1, 0.15) is 5.69 Å². The summed E-state index contributed by atoms with van der Waals surface area (Å²) >= 11 is 0. The van der Waals surface area contributed by atoms with Gasteiger partial charge in [-0.25, -0.2) is 9.97 Å². The fraction of sp³-hybridized carbons (Fsp3) is 0. The molecule has 3 heterocycles. The highest BCUT2D eigenvalue weighted by Gasteiger charge is 2.16. The van der Waals surface area contributed by atoms with Crippen molar-refractivity contribution in [2.45, 2.75) is 0 Å².